The van der Waals surface area contributed by atoms with Gasteiger partial charge in [-0.25, -0.2) is 19.2 Å². The number of aryl methyl sites for hydroxylation is 6. The zero-order chi connectivity index (χ0) is 63.2. The molecule has 0 bridgehead atoms. The maximum atomic E-state index is 12.8. The number of urea groups is 4. The number of hydrogen-bond donors (Lipinski definition) is 6. The lowest BCUT2D eigenvalue weighted by molar-refractivity contribution is 0.226. The van der Waals surface area contributed by atoms with Gasteiger partial charge in [-0.2, -0.15) is 0 Å². The molecule has 0 aliphatic rings. The summed E-state index contributed by atoms with van der Waals surface area (Å²) >= 11 is 0. The minimum Gasteiger partial charge on any atom is -0.351 e. The number of nitrogens with one attached hydrogen (secondary N) is 4. The first-order valence-electron chi connectivity index (χ1n) is 33.8. The summed E-state index contributed by atoms with van der Waals surface area (Å²) in [5.41, 5.74) is 19.5. The van der Waals surface area contributed by atoms with Crippen LogP contribution in [0.4, 0.5) is 19.2 Å². The van der Waals surface area contributed by atoms with Crippen LogP contribution in [-0.4, -0.2) is 46.3 Å². The van der Waals surface area contributed by atoms with E-state index in [-0.39, 0.29) is 0 Å². The van der Waals surface area contributed by atoms with Gasteiger partial charge in [0.2, 0.25) is 0 Å². The van der Waals surface area contributed by atoms with Crippen molar-refractivity contribution in [1.82, 2.24) is 30.4 Å². The highest BCUT2D eigenvalue weighted by atomic mass is 16.2. The zero-order valence-corrected chi connectivity index (χ0v) is 53.9. The Balaban J connectivity index is 0.000000287. The summed E-state index contributed by atoms with van der Waals surface area (Å²) in [7, 11) is 0. The summed E-state index contributed by atoms with van der Waals surface area (Å²) < 4.78 is 4.83. The second kappa shape index (κ2) is 33.3. The number of nitrogens with two attached hydrogens (primary N) is 2. The number of amides is 8. The van der Waals surface area contributed by atoms with Crippen molar-refractivity contribution in [3.63, 3.8) is 0 Å². The molecule has 9 aromatic carbocycles. The Bertz CT molecular complexity index is 3690. The van der Waals surface area contributed by atoms with Crippen molar-refractivity contribution in [1.29, 1.82) is 0 Å². The summed E-state index contributed by atoms with van der Waals surface area (Å²) in [6, 6.07) is 51.8. The van der Waals surface area contributed by atoms with E-state index in [2.05, 4.69) is 210 Å². The van der Waals surface area contributed by atoms with E-state index in [4.69, 9.17) is 0 Å². The van der Waals surface area contributed by atoms with Gasteiger partial charge in [-0.3, -0.25) is 10.6 Å². The number of primary amides is 2. The van der Waals surface area contributed by atoms with E-state index in [0.717, 1.165) is 51.6 Å². The maximum Gasteiger partial charge on any atom is 0.322 e. The number of carbonyl (C=O) groups is 4. The highest BCUT2D eigenvalue weighted by molar-refractivity contribution is 6.32. The first-order valence-corrected chi connectivity index (χ1v) is 33.8. The van der Waals surface area contributed by atoms with Crippen molar-refractivity contribution in [2.24, 2.45) is 11.5 Å². The smallest absolute Gasteiger partial charge is 0.322 e. The number of imide groups is 2. The van der Waals surface area contributed by atoms with Crippen LogP contribution in [0.25, 0.3) is 86.7 Å². The monoisotopic (exact) mass is 1210 g/mol. The molecule has 0 saturated heterocycles. The Hall–Kier alpha value is -8.64. The normalized spacial score (nSPS) is 11.4. The third kappa shape index (κ3) is 17.0. The van der Waals surface area contributed by atoms with Gasteiger partial charge in [-0.1, -0.05) is 202 Å². The molecule has 0 fully saturated rings. The summed E-state index contributed by atoms with van der Waals surface area (Å²) in [4.78, 5) is 44.9. The summed E-state index contributed by atoms with van der Waals surface area (Å²) in [6.07, 6.45) is 26.2. The van der Waals surface area contributed by atoms with E-state index in [9.17, 15) is 19.2 Å². The van der Waals surface area contributed by atoms with Crippen LogP contribution >= 0.6 is 0 Å². The molecular weight excluding hydrogens is 1110 g/mol. The Morgan fingerprint density at radius 2 is 0.622 bits per heavy atom. The molecule has 0 aliphatic carbocycles. The lowest BCUT2D eigenvalue weighted by atomic mass is 9.90. The number of rotatable bonds is 28. The zero-order valence-electron chi connectivity index (χ0n) is 53.9. The summed E-state index contributed by atoms with van der Waals surface area (Å²) in [5.74, 6) is 0. The molecule has 12 nitrogen and oxygen atoms in total. The second-order valence-electron chi connectivity index (χ2n) is 24.6. The third-order valence-corrected chi connectivity index (χ3v) is 17.8. The molecule has 0 atom stereocenters. The van der Waals surface area contributed by atoms with E-state index < -0.39 is 24.1 Å². The van der Waals surface area contributed by atoms with Crippen molar-refractivity contribution < 1.29 is 19.2 Å². The predicted octanol–water partition coefficient (Wildman–Crippen LogP) is 19.4. The van der Waals surface area contributed by atoms with Gasteiger partial charge in [0.1, 0.15) is 0 Å². The number of fused-ring (bicyclic) bond motifs is 8. The number of nitrogens with zero attached hydrogens (tertiary/aromatic N) is 2. The minimum absolute atomic E-state index is 0.464. The van der Waals surface area contributed by atoms with Crippen LogP contribution in [0.3, 0.4) is 0 Å². The van der Waals surface area contributed by atoms with Gasteiger partial charge < -0.3 is 31.2 Å². The summed E-state index contributed by atoms with van der Waals surface area (Å²) in [6.45, 7) is 11.6. The molecule has 8 N–H and O–H groups in total. The fraction of sp³-hybridized carbons (Fsp3) is 0.385. The Labute approximate surface area is 532 Å². The van der Waals surface area contributed by atoms with Gasteiger partial charge in [0.15, 0.2) is 0 Å². The van der Waals surface area contributed by atoms with Gasteiger partial charge in [-0.05, 0) is 178 Å². The van der Waals surface area contributed by atoms with E-state index in [1.165, 1.54) is 212 Å². The van der Waals surface area contributed by atoms with Gasteiger partial charge >= 0.3 is 24.1 Å². The van der Waals surface area contributed by atoms with Crippen LogP contribution in [0.15, 0.2) is 146 Å². The van der Waals surface area contributed by atoms with Crippen molar-refractivity contribution in [3.8, 4) is 0 Å². The molecule has 90 heavy (non-hydrogen) atoms. The van der Waals surface area contributed by atoms with Crippen LogP contribution in [-0.2, 0) is 38.8 Å². The molecule has 0 radical (unpaired) electrons. The first-order chi connectivity index (χ1) is 44.0. The molecule has 8 amide bonds. The number of benzene rings is 9. The molecular formula is C78H96N8O4. The topological polar surface area (TPSA) is 178 Å². The highest BCUT2D eigenvalue weighted by Gasteiger charge is 2.17. The van der Waals surface area contributed by atoms with Crippen molar-refractivity contribution in [2.45, 2.75) is 182 Å². The summed E-state index contributed by atoms with van der Waals surface area (Å²) in [5, 5.41) is 26.1. The van der Waals surface area contributed by atoms with Gasteiger partial charge in [-0.15, -0.1) is 0 Å². The van der Waals surface area contributed by atoms with E-state index in [0.29, 0.717) is 13.1 Å². The standard InChI is InChI=1S/C56H79N5O2.C20H12.C2H5N3O2/c1-5-9-13-17-23-43-27-31-51-47(39-43)48-40-44(24-18-14-10-6-2)28-32-52(48)60(51)37-21-35-57-55(62)59-56(63)58-36-22-38-61-53-33-29-45(25-19-15-11-7-3)41-49(53)50-42-46(30-34-54(50)61)26-20-16-12-8-4;1-5-13-6-2-11-17-18-12-4-8-14-7-3-10-16(20(14)18)15(9-1)19(13)17;3-1(6)5-2(4)7/h27-34,39-42H,5-26,35-38H2,1-4H3,(H3,57,58,59,62,63);1-12H;(H5,3,4,5,6,7). The lowest BCUT2D eigenvalue weighted by Crippen LogP contribution is -2.45. The third-order valence-electron chi connectivity index (χ3n) is 17.8. The Kier molecular flexibility index (Phi) is 24.3. The average Bonchev–Trinajstić information content (AvgIpc) is 0.907. The SMILES string of the molecule is CCCCCCc1ccc2c(c1)c1cc(CCCCCC)ccc1n2CCCNC(=O)NC(=O)NCCCn1c2ccc(CCCCCC)cc2c2cc(CCCCCC)ccc21.NC(=O)NC(N)=O.c1cc2cccc3c4cccc5cccc(c(c1)c23)c54. The van der Waals surface area contributed by atoms with Crippen LogP contribution < -0.4 is 32.7 Å². The van der Waals surface area contributed by atoms with Crippen molar-refractivity contribution in [2.75, 3.05) is 13.1 Å². The van der Waals surface area contributed by atoms with Crippen molar-refractivity contribution in [3.05, 3.63) is 168 Å². The van der Waals surface area contributed by atoms with Crippen LogP contribution in [0.1, 0.15) is 166 Å². The molecule has 0 aliphatic heterocycles. The molecule has 0 spiro atoms. The maximum absolute atomic E-state index is 12.8. The van der Waals surface area contributed by atoms with Crippen molar-refractivity contribution >= 4 is 111 Å². The molecule has 2 heterocycles. The van der Waals surface area contributed by atoms with E-state index >= 15 is 0 Å². The lowest BCUT2D eigenvalue weighted by Gasteiger charge is -2.13. The minimum atomic E-state index is -0.938. The van der Waals surface area contributed by atoms with Crippen LogP contribution in [0.5, 0.6) is 0 Å². The predicted molar refractivity (Wildman–Crippen MR) is 379 cm³/mol. The first kappa shape index (κ1) is 65.8. The molecule has 2 aromatic heterocycles. The number of hydrogen-bond acceptors (Lipinski definition) is 4. The van der Waals surface area contributed by atoms with Gasteiger partial charge in [0.05, 0.1) is 0 Å². The van der Waals surface area contributed by atoms with Gasteiger partial charge in [0.25, 0.3) is 0 Å². The molecule has 472 valence electrons. The average molecular weight is 1210 g/mol. The molecule has 11 aromatic rings. The second-order valence-corrected chi connectivity index (χ2v) is 24.6. The quantitative estimate of drug-likeness (QED) is 0.0163. The number of unbranched alkanes of at least 4 members (excludes halogenated alkanes) is 12. The van der Waals surface area contributed by atoms with E-state index in [1.54, 1.807) is 5.32 Å². The van der Waals surface area contributed by atoms with Gasteiger partial charge in [0, 0.05) is 69.8 Å². The molecule has 0 unspecified atom stereocenters. The van der Waals surface area contributed by atoms with E-state index in [1.807, 2.05) is 0 Å². The number of aromatic nitrogens is 2. The highest BCUT2D eigenvalue weighted by Crippen LogP contribution is 2.40. The fourth-order valence-corrected chi connectivity index (χ4v) is 13.3. The van der Waals surface area contributed by atoms with Crippen LogP contribution in [0, 0.1) is 0 Å². The molecule has 11 rings (SSSR count). The molecule has 0 saturated carbocycles. The fourth-order valence-electron chi connectivity index (χ4n) is 13.3. The number of carbonyl (C=O) groups excluding carboxylic acids is 4. The molecule has 12 heteroatoms. The van der Waals surface area contributed by atoms with Crippen LogP contribution in [0.2, 0.25) is 0 Å². The Morgan fingerprint density at radius 3 is 0.878 bits per heavy atom. The largest absolute Gasteiger partial charge is 0.351 e. The Morgan fingerprint density at radius 1 is 0.333 bits per heavy atom.